The molecule has 136 valence electrons. The van der Waals surface area contributed by atoms with E-state index in [1.165, 1.54) is 24.3 Å². The van der Waals surface area contributed by atoms with E-state index in [4.69, 9.17) is 10.2 Å². The molecule has 3 aromatic rings. The highest BCUT2D eigenvalue weighted by atomic mass is 16.4. The number of hydrogen-bond donors (Lipinski definition) is 4. The van der Waals surface area contributed by atoms with Gasteiger partial charge in [0.1, 0.15) is 5.82 Å². The van der Waals surface area contributed by atoms with E-state index >= 15 is 0 Å². The molecule has 0 spiro atoms. The van der Waals surface area contributed by atoms with E-state index in [9.17, 15) is 9.59 Å². The molecule has 2 aromatic carbocycles. The third-order valence-corrected chi connectivity index (χ3v) is 3.75. The van der Waals surface area contributed by atoms with E-state index in [2.05, 4.69) is 20.6 Å². The van der Waals surface area contributed by atoms with E-state index in [1.54, 1.807) is 30.5 Å². The van der Waals surface area contributed by atoms with Crippen molar-refractivity contribution >= 4 is 35.1 Å². The van der Waals surface area contributed by atoms with Crippen molar-refractivity contribution in [3.63, 3.8) is 0 Å². The summed E-state index contributed by atoms with van der Waals surface area (Å²) < 4.78 is 0. The second kappa shape index (κ2) is 7.52. The van der Waals surface area contributed by atoms with E-state index in [1.807, 2.05) is 6.92 Å². The first kappa shape index (κ1) is 17.9. The minimum Gasteiger partial charge on any atom is -0.478 e. The van der Waals surface area contributed by atoms with Gasteiger partial charge in [-0.3, -0.25) is 0 Å². The van der Waals surface area contributed by atoms with Gasteiger partial charge in [0.15, 0.2) is 0 Å². The third-order valence-electron chi connectivity index (χ3n) is 3.75. The zero-order valence-corrected chi connectivity index (χ0v) is 14.3. The lowest BCUT2D eigenvalue weighted by Gasteiger charge is -2.11. The minimum absolute atomic E-state index is 0.192. The van der Waals surface area contributed by atoms with Gasteiger partial charge in [-0.25, -0.2) is 14.6 Å². The minimum atomic E-state index is -0.992. The molecule has 1 heterocycles. The predicted molar refractivity (Wildman–Crippen MR) is 100 cm³/mol. The Morgan fingerprint density at radius 1 is 0.815 bits per heavy atom. The molecular weight excluding hydrogens is 348 g/mol. The Kier molecular flexibility index (Phi) is 4.98. The van der Waals surface area contributed by atoms with Crippen molar-refractivity contribution in [1.82, 2.24) is 9.97 Å². The molecule has 0 amide bonds. The number of rotatable bonds is 6. The molecule has 3 rings (SSSR count). The summed E-state index contributed by atoms with van der Waals surface area (Å²) in [5, 5.41) is 24.0. The Bertz CT molecular complexity index is 986. The molecule has 8 nitrogen and oxygen atoms in total. The van der Waals surface area contributed by atoms with Crippen LogP contribution in [-0.2, 0) is 0 Å². The molecule has 1 aromatic heterocycles. The van der Waals surface area contributed by atoms with Crippen LogP contribution in [0.25, 0.3) is 0 Å². The maximum atomic E-state index is 10.9. The molecule has 0 unspecified atom stereocenters. The summed E-state index contributed by atoms with van der Waals surface area (Å²) in [6.45, 7) is 1.85. The van der Waals surface area contributed by atoms with Gasteiger partial charge in [0.2, 0.25) is 5.95 Å². The van der Waals surface area contributed by atoms with Crippen LogP contribution in [-0.4, -0.2) is 32.1 Å². The van der Waals surface area contributed by atoms with Gasteiger partial charge in [0.25, 0.3) is 0 Å². The Morgan fingerprint density at radius 2 is 1.30 bits per heavy atom. The number of anilines is 4. The van der Waals surface area contributed by atoms with Crippen molar-refractivity contribution < 1.29 is 19.8 Å². The van der Waals surface area contributed by atoms with E-state index in [-0.39, 0.29) is 11.1 Å². The number of carbonyl (C=O) groups is 2. The van der Waals surface area contributed by atoms with Gasteiger partial charge in [0, 0.05) is 23.1 Å². The molecule has 0 saturated heterocycles. The fourth-order valence-corrected chi connectivity index (χ4v) is 2.29. The Hall–Kier alpha value is -3.94. The highest BCUT2D eigenvalue weighted by Crippen LogP contribution is 2.21. The summed E-state index contributed by atoms with van der Waals surface area (Å²) in [4.78, 5) is 30.4. The molecule has 0 fully saturated rings. The number of carboxylic acids is 2. The number of benzene rings is 2. The number of hydrogen-bond acceptors (Lipinski definition) is 6. The lowest BCUT2D eigenvalue weighted by Crippen LogP contribution is -2.03. The standard InChI is InChI=1S/C19H16N4O4/c1-11-10-20-19(22-15-8-4-13(5-9-15)18(26)27)23-16(11)21-14-6-2-12(3-7-14)17(24)25/h2-10H,1H3,(H,24,25)(H,26,27)(H2,20,21,22,23). The average molecular weight is 364 g/mol. The van der Waals surface area contributed by atoms with Crippen molar-refractivity contribution in [2.24, 2.45) is 0 Å². The van der Waals surface area contributed by atoms with Crippen molar-refractivity contribution in [2.75, 3.05) is 10.6 Å². The van der Waals surface area contributed by atoms with E-state index in [0.717, 1.165) is 5.56 Å². The van der Waals surface area contributed by atoms with Crippen molar-refractivity contribution in [3.05, 3.63) is 71.4 Å². The Balaban J connectivity index is 1.77. The normalized spacial score (nSPS) is 10.3. The number of nitrogens with one attached hydrogen (secondary N) is 2. The summed E-state index contributed by atoms with van der Waals surface area (Å²) in [6, 6.07) is 12.6. The fraction of sp³-hybridized carbons (Fsp3) is 0.0526. The smallest absolute Gasteiger partial charge is 0.335 e. The first-order valence-electron chi connectivity index (χ1n) is 7.97. The highest BCUT2D eigenvalue weighted by Gasteiger charge is 2.07. The topological polar surface area (TPSA) is 124 Å². The number of aromatic carboxylic acids is 2. The molecule has 0 bridgehead atoms. The van der Waals surface area contributed by atoms with Gasteiger partial charge < -0.3 is 20.8 Å². The molecule has 0 radical (unpaired) electrons. The largest absolute Gasteiger partial charge is 0.478 e. The Labute approximate surface area is 154 Å². The predicted octanol–water partition coefficient (Wildman–Crippen LogP) is 3.67. The van der Waals surface area contributed by atoms with Gasteiger partial charge in [-0.15, -0.1) is 0 Å². The molecule has 8 heteroatoms. The maximum absolute atomic E-state index is 10.9. The van der Waals surface area contributed by atoms with Crippen LogP contribution in [0.15, 0.2) is 54.7 Å². The zero-order valence-electron chi connectivity index (χ0n) is 14.3. The summed E-state index contributed by atoms with van der Waals surface area (Å²) in [6.07, 6.45) is 1.65. The van der Waals surface area contributed by atoms with Crippen molar-refractivity contribution in [2.45, 2.75) is 6.92 Å². The number of aromatic nitrogens is 2. The molecule has 0 aliphatic rings. The number of carboxylic acid groups (broad SMARTS) is 2. The monoisotopic (exact) mass is 364 g/mol. The second-order valence-corrected chi connectivity index (χ2v) is 5.74. The van der Waals surface area contributed by atoms with Gasteiger partial charge in [-0.05, 0) is 55.5 Å². The van der Waals surface area contributed by atoms with E-state index < -0.39 is 11.9 Å². The van der Waals surface area contributed by atoms with Crippen LogP contribution in [0.5, 0.6) is 0 Å². The highest BCUT2D eigenvalue weighted by molar-refractivity contribution is 5.88. The van der Waals surface area contributed by atoms with Gasteiger partial charge in [-0.2, -0.15) is 4.98 Å². The van der Waals surface area contributed by atoms with Crippen LogP contribution in [0.2, 0.25) is 0 Å². The van der Waals surface area contributed by atoms with Gasteiger partial charge in [-0.1, -0.05) is 0 Å². The number of nitrogens with zero attached hydrogens (tertiary/aromatic N) is 2. The van der Waals surface area contributed by atoms with Crippen LogP contribution in [0.4, 0.5) is 23.1 Å². The fourth-order valence-electron chi connectivity index (χ4n) is 2.29. The second-order valence-electron chi connectivity index (χ2n) is 5.74. The van der Waals surface area contributed by atoms with Crippen molar-refractivity contribution in [3.8, 4) is 0 Å². The SMILES string of the molecule is Cc1cnc(Nc2ccc(C(=O)O)cc2)nc1Nc1ccc(C(=O)O)cc1. The molecule has 0 atom stereocenters. The molecule has 0 aliphatic carbocycles. The first-order valence-corrected chi connectivity index (χ1v) is 7.97. The molecular formula is C19H16N4O4. The lowest BCUT2D eigenvalue weighted by molar-refractivity contribution is 0.0686. The lowest BCUT2D eigenvalue weighted by atomic mass is 10.2. The molecule has 0 saturated carbocycles. The summed E-state index contributed by atoms with van der Waals surface area (Å²) in [5.41, 5.74) is 2.55. The van der Waals surface area contributed by atoms with E-state index in [0.29, 0.717) is 23.1 Å². The summed E-state index contributed by atoms with van der Waals surface area (Å²) >= 11 is 0. The summed E-state index contributed by atoms with van der Waals surface area (Å²) in [7, 11) is 0. The Morgan fingerprint density at radius 3 is 1.78 bits per heavy atom. The number of aryl methyl sites for hydroxylation is 1. The average Bonchev–Trinajstić information content (AvgIpc) is 2.65. The van der Waals surface area contributed by atoms with Crippen LogP contribution in [0.1, 0.15) is 26.3 Å². The van der Waals surface area contributed by atoms with Gasteiger partial charge >= 0.3 is 11.9 Å². The van der Waals surface area contributed by atoms with Crippen molar-refractivity contribution in [1.29, 1.82) is 0 Å². The molecule has 4 N–H and O–H groups in total. The van der Waals surface area contributed by atoms with Crippen LogP contribution in [0, 0.1) is 6.92 Å². The van der Waals surface area contributed by atoms with Crippen LogP contribution >= 0.6 is 0 Å². The zero-order chi connectivity index (χ0) is 19.4. The van der Waals surface area contributed by atoms with Crippen LogP contribution < -0.4 is 10.6 Å². The third kappa shape index (κ3) is 4.37. The van der Waals surface area contributed by atoms with Crippen LogP contribution in [0.3, 0.4) is 0 Å². The first-order chi connectivity index (χ1) is 12.9. The summed E-state index contributed by atoms with van der Waals surface area (Å²) in [5.74, 6) is -1.07. The molecule has 0 aliphatic heterocycles. The maximum Gasteiger partial charge on any atom is 0.335 e. The quantitative estimate of drug-likeness (QED) is 0.522. The molecule has 27 heavy (non-hydrogen) atoms. The van der Waals surface area contributed by atoms with Gasteiger partial charge in [0.05, 0.1) is 11.1 Å².